The van der Waals surface area contributed by atoms with Gasteiger partial charge in [0.2, 0.25) is 0 Å². The Morgan fingerprint density at radius 3 is 2.58 bits per heavy atom. The number of rotatable bonds is 3. The lowest BCUT2D eigenvalue weighted by atomic mass is 10.0. The van der Waals surface area contributed by atoms with Gasteiger partial charge in [0.15, 0.2) is 5.78 Å². The Labute approximate surface area is 118 Å². The molecule has 0 aliphatic heterocycles. The van der Waals surface area contributed by atoms with Crippen molar-refractivity contribution < 1.29 is 13.6 Å². The fraction of sp³-hybridized carbons (Fsp3) is 0.133. The van der Waals surface area contributed by atoms with Crippen molar-refractivity contribution in [3.63, 3.8) is 0 Å². The maximum atomic E-state index is 13.7. The summed E-state index contributed by atoms with van der Waals surface area (Å²) in [6.45, 7) is 1.75. The van der Waals surface area contributed by atoms with E-state index in [0.29, 0.717) is 5.56 Å². The van der Waals surface area contributed by atoms with E-state index >= 15 is 0 Å². The fourth-order valence-electron chi connectivity index (χ4n) is 1.80. The molecule has 0 bridgehead atoms. The van der Waals surface area contributed by atoms with Crippen LogP contribution in [0.4, 0.5) is 8.78 Å². The molecule has 1 nitrogen and oxygen atoms in total. The van der Waals surface area contributed by atoms with Crippen LogP contribution in [-0.2, 0) is 6.42 Å². The SMILES string of the molecule is Cc1ccc(C(=O)Cc2cccc(F)c2Br)c(F)c1. The average Bonchev–Trinajstić information content (AvgIpc) is 2.34. The number of hydrogen-bond donors (Lipinski definition) is 0. The number of aryl methyl sites for hydroxylation is 1. The first-order valence-electron chi connectivity index (χ1n) is 5.71. The molecule has 98 valence electrons. The normalized spacial score (nSPS) is 10.5. The van der Waals surface area contributed by atoms with E-state index in [9.17, 15) is 13.6 Å². The van der Waals surface area contributed by atoms with Crippen LogP contribution in [0.15, 0.2) is 40.9 Å². The van der Waals surface area contributed by atoms with Crippen LogP contribution in [0.3, 0.4) is 0 Å². The minimum Gasteiger partial charge on any atom is -0.294 e. The second-order valence-corrected chi connectivity index (χ2v) is 5.09. The smallest absolute Gasteiger partial charge is 0.170 e. The predicted octanol–water partition coefficient (Wildman–Crippen LogP) is 4.46. The van der Waals surface area contributed by atoms with Crippen LogP contribution in [-0.4, -0.2) is 5.78 Å². The number of hydrogen-bond acceptors (Lipinski definition) is 1. The molecule has 4 heteroatoms. The molecule has 0 spiro atoms. The molecule has 0 heterocycles. The van der Waals surface area contributed by atoms with Gasteiger partial charge >= 0.3 is 0 Å². The predicted molar refractivity (Wildman–Crippen MR) is 73.3 cm³/mol. The van der Waals surface area contributed by atoms with E-state index in [4.69, 9.17) is 0 Å². The van der Waals surface area contributed by atoms with E-state index in [0.717, 1.165) is 5.56 Å². The number of benzene rings is 2. The number of carbonyl (C=O) groups is 1. The van der Waals surface area contributed by atoms with Gasteiger partial charge in [-0.25, -0.2) is 8.78 Å². The third kappa shape index (κ3) is 3.07. The molecular formula is C15H11BrF2O. The highest BCUT2D eigenvalue weighted by Crippen LogP contribution is 2.22. The van der Waals surface area contributed by atoms with E-state index in [2.05, 4.69) is 15.9 Å². The van der Waals surface area contributed by atoms with Crippen molar-refractivity contribution in [3.8, 4) is 0 Å². The van der Waals surface area contributed by atoms with Gasteiger partial charge in [-0.1, -0.05) is 18.2 Å². The molecule has 0 saturated carbocycles. The molecule has 2 aromatic rings. The van der Waals surface area contributed by atoms with Crippen LogP contribution in [0, 0.1) is 18.6 Å². The number of halogens is 3. The molecule has 0 amide bonds. The Morgan fingerprint density at radius 1 is 1.16 bits per heavy atom. The largest absolute Gasteiger partial charge is 0.294 e. The molecule has 0 aromatic heterocycles. The summed E-state index contributed by atoms with van der Waals surface area (Å²) >= 11 is 3.09. The van der Waals surface area contributed by atoms with Crippen molar-refractivity contribution in [2.24, 2.45) is 0 Å². The summed E-state index contributed by atoms with van der Waals surface area (Å²) in [6, 6.07) is 8.90. The maximum Gasteiger partial charge on any atom is 0.170 e. The summed E-state index contributed by atoms with van der Waals surface area (Å²) in [5.41, 5.74) is 1.28. The van der Waals surface area contributed by atoms with Crippen LogP contribution in [0.5, 0.6) is 0 Å². The van der Waals surface area contributed by atoms with E-state index in [1.54, 1.807) is 19.1 Å². The van der Waals surface area contributed by atoms with E-state index in [1.165, 1.54) is 24.3 Å². The molecule has 0 atom stereocenters. The lowest BCUT2D eigenvalue weighted by Gasteiger charge is -2.06. The summed E-state index contributed by atoms with van der Waals surface area (Å²) in [7, 11) is 0. The zero-order valence-corrected chi connectivity index (χ0v) is 11.8. The van der Waals surface area contributed by atoms with Crippen molar-refractivity contribution in [1.82, 2.24) is 0 Å². The van der Waals surface area contributed by atoms with Crippen LogP contribution in [0.25, 0.3) is 0 Å². The lowest BCUT2D eigenvalue weighted by Crippen LogP contribution is -2.07. The van der Waals surface area contributed by atoms with Crippen molar-refractivity contribution in [3.05, 3.63) is 69.2 Å². The third-order valence-electron chi connectivity index (χ3n) is 2.81. The molecule has 0 unspecified atom stereocenters. The Hall–Kier alpha value is -1.55. The summed E-state index contributed by atoms with van der Waals surface area (Å²) < 4.78 is 27.3. The molecular weight excluding hydrogens is 314 g/mol. The molecule has 0 radical (unpaired) electrons. The molecule has 19 heavy (non-hydrogen) atoms. The quantitative estimate of drug-likeness (QED) is 0.762. The Bertz CT molecular complexity index is 638. The van der Waals surface area contributed by atoms with Crippen molar-refractivity contribution >= 4 is 21.7 Å². The zero-order valence-electron chi connectivity index (χ0n) is 10.2. The van der Waals surface area contributed by atoms with Gasteiger partial charge in [0.05, 0.1) is 10.0 Å². The summed E-state index contributed by atoms with van der Waals surface area (Å²) in [6.07, 6.45) is -0.0433. The molecule has 0 fully saturated rings. The van der Waals surface area contributed by atoms with Gasteiger partial charge in [-0.05, 0) is 52.2 Å². The Balaban J connectivity index is 2.28. The zero-order chi connectivity index (χ0) is 14.0. The standard InChI is InChI=1S/C15H11BrF2O/c1-9-5-6-11(13(18)7-9)14(19)8-10-3-2-4-12(17)15(10)16/h2-7H,8H2,1H3. The first-order valence-corrected chi connectivity index (χ1v) is 6.50. The van der Waals surface area contributed by atoms with Crippen molar-refractivity contribution in [1.29, 1.82) is 0 Å². The van der Waals surface area contributed by atoms with E-state index in [-0.39, 0.29) is 22.2 Å². The van der Waals surface area contributed by atoms with Crippen LogP contribution in [0.2, 0.25) is 0 Å². The van der Waals surface area contributed by atoms with Gasteiger partial charge in [0, 0.05) is 6.42 Å². The molecule has 0 aliphatic rings. The summed E-state index contributed by atoms with van der Waals surface area (Å²) in [4.78, 5) is 12.0. The molecule has 0 aliphatic carbocycles. The van der Waals surface area contributed by atoms with Crippen molar-refractivity contribution in [2.45, 2.75) is 13.3 Å². The van der Waals surface area contributed by atoms with Crippen LogP contribution < -0.4 is 0 Å². The fourth-order valence-corrected chi connectivity index (χ4v) is 2.20. The van der Waals surface area contributed by atoms with Gasteiger partial charge in [0.1, 0.15) is 11.6 Å². The summed E-state index contributed by atoms with van der Waals surface area (Å²) in [5, 5.41) is 0. The highest BCUT2D eigenvalue weighted by atomic mass is 79.9. The maximum absolute atomic E-state index is 13.7. The van der Waals surface area contributed by atoms with E-state index in [1.807, 2.05) is 0 Å². The lowest BCUT2D eigenvalue weighted by molar-refractivity contribution is 0.0989. The molecule has 2 aromatic carbocycles. The Kier molecular flexibility index (Phi) is 4.10. The first-order chi connectivity index (χ1) is 8.99. The van der Waals surface area contributed by atoms with Gasteiger partial charge < -0.3 is 0 Å². The topological polar surface area (TPSA) is 17.1 Å². The second kappa shape index (κ2) is 5.61. The molecule has 0 N–H and O–H groups in total. The monoisotopic (exact) mass is 324 g/mol. The van der Waals surface area contributed by atoms with Crippen LogP contribution >= 0.6 is 15.9 Å². The number of carbonyl (C=O) groups excluding carboxylic acids is 1. The first kappa shape index (κ1) is 13.9. The highest BCUT2D eigenvalue weighted by Gasteiger charge is 2.15. The van der Waals surface area contributed by atoms with E-state index < -0.39 is 11.6 Å². The highest BCUT2D eigenvalue weighted by molar-refractivity contribution is 9.10. The minimum atomic E-state index is -0.544. The van der Waals surface area contributed by atoms with Gasteiger partial charge in [-0.3, -0.25) is 4.79 Å². The van der Waals surface area contributed by atoms with Gasteiger partial charge in [-0.2, -0.15) is 0 Å². The average molecular weight is 325 g/mol. The molecule has 0 saturated heterocycles. The molecule has 2 rings (SSSR count). The second-order valence-electron chi connectivity index (χ2n) is 4.30. The van der Waals surface area contributed by atoms with Gasteiger partial charge in [0.25, 0.3) is 0 Å². The summed E-state index contributed by atoms with van der Waals surface area (Å²) in [5.74, 6) is -1.35. The third-order valence-corrected chi connectivity index (χ3v) is 3.70. The van der Waals surface area contributed by atoms with Crippen molar-refractivity contribution in [2.75, 3.05) is 0 Å². The van der Waals surface area contributed by atoms with Gasteiger partial charge in [-0.15, -0.1) is 0 Å². The number of Topliss-reactive ketones (excluding diaryl/α,β-unsaturated/α-hetero) is 1. The van der Waals surface area contributed by atoms with Crippen LogP contribution in [0.1, 0.15) is 21.5 Å². The minimum absolute atomic E-state index is 0.0294. The number of ketones is 1. The Morgan fingerprint density at radius 2 is 1.89 bits per heavy atom.